The number of carbonyl (C=O) groups is 1. The monoisotopic (exact) mass is 511 g/mol. The Balaban J connectivity index is 0.00000280. The molecule has 1 atom stereocenters. The number of amides is 1. The zero-order valence-electron chi connectivity index (χ0n) is 21.0. The van der Waals surface area contributed by atoms with E-state index < -0.39 is 6.09 Å². The SMILES string of the molecule is C[C@@H](OC(=O)Nc1sc2ccccc2c1-c1ccc(-c2ccc([C-]3CC3)cc2)cc1)c1ccccc1.[Na+]. The predicted octanol–water partition coefficient (Wildman–Crippen LogP) is 6.27. The van der Waals surface area contributed by atoms with Gasteiger partial charge in [-0.2, -0.15) is 23.6 Å². The minimum Gasteiger partial charge on any atom is -0.441 e. The van der Waals surface area contributed by atoms with Gasteiger partial charge >= 0.3 is 35.7 Å². The van der Waals surface area contributed by atoms with E-state index in [0.29, 0.717) is 0 Å². The molecule has 1 aliphatic carbocycles. The number of hydrogen-bond acceptors (Lipinski definition) is 3. The molecule has 3 nitrogen and oxygen atoms in total. The first-order valence-electron chi connectivity index (χ1n) is 12.3. The maximum Gasteiger partial charge on any atom is 1.00 e. The van der Waals surface area contributed by atoms with Gasteiger partial charge in [0.1, 0.15) is 11.1 Å². The number of nitrogens with one attached hydrogen (secondary N) is 1. The molecule has 0 radical (unpaired) electrons. The molecule has 6 rings (SSSR count). The van der Waals surface area contributed by atoms with Gasteiger partial charge in [-0.15, -0.1) is 23.5 Å². The molecule has 1 aromatic heterocycles. The summed E-state index contributed by atoms with van der Waals surface area (Å²) in [6.45, 7) is 1.88. The third-order valence-electron chi connectivity index (χ3n) is 6.66. The van der Waals surface area contributed by atoms with E-state index in [9.17, 15) is 4.79 Å². The summed E-state index contributed by atoms with van der Waals surface area (Å²) in [5, 5.41) is 4.93. The van der Waals surface area contributed by atoms with Gasteiger partial charge in [0.25, 0.3) is 0 Å². The maximum atomic E-state index is 12.8. The van der Waals surface area contributed by atoms with Crippen molar-refractivity contribution in [2.45, 2.75) is 25.9 Å². The van der Waals surface area contributed by atoms with Gasteiger partial charge in [-0.05, 0) is 35.2 Å². The van der Waals surface area contributed by atoms with Crippen LogP contribution in [0.25, 0.3) is 32.3 Å². The Morgan fingerprint density at radius 1 is 0.811 bits per heavy atom. The fourth-order valence-corrected chi connectivity index (χ4v) is 5.68. The van der Waals surface area contributed by atoms with Crippen LogP contribution in [0.2, 0.25) is 0 Å². The molecule has 0 bridgehead atoms. The van der Waals surface area contributed by atoms with E-state index >= 15 is 0 Å². The Kier molecular flexibility index (Phi) is 7.73. The van der Waals surface area contributed by atoms with Gasteiger partial charge in [0.15, 0.2) is 0 Å². The van der Waals surface area contributed by atoms with Crippen LogP contribution in [0.5, 0.6) is 0 Å². The third kappa shape index (κ3) is 5.63. The molecular formula is C32H26NNaO2S. The average molecular weight is 512 g/mol. The van der Waals surface area contributed by atoms with Crippen molar-refractivity contribution in [3.05, 3.63) is 120 Å². The number of thiophene rings is 1. The van der Waals surface area contributed by atoms with Gasteiger partial charge in [-0.1, -0.05) is 85.6 Å². The molecular weight excluding hydrogens is 485 g/mol. The summed E-state index contributed by atoms with van der Waals surface area (Å²) in [5.74, 6) is 1.55. The van der Waals surface area contributed by atoms with Gasteiger partial charge in [-0.25, -0.2) is 4.79 Å². The second-order valence-electron chi connectivity index (χ2n) is 9.14. The molecule has 1 saturated carbocycles. The van der Waals surface area contributed by atoms with Crippen LogP contribution in [-0.2, 0) is 4.74 Å². The van der Waals surface area contributed by atoms with E-state index in [4.69, 9.17) is 4.74 Å². The summed E-state index contributed by atoms with van der Waals surface area (Å²) >= 11 is 1.57. The van der Waals surface area contributed by atoms with Crippen molar-refractivity contribution in [3.63, 3.8) is 0 Å². The van der Waals surface area contributed by atoms with Crippen LogP contribution in [0.4, 0.5) is 9.80 Å². The van der Waals surface area contributed by atoms with Gasteiger partial charge in [-0.3, -0.25) is 5.32 Å². The van der Waals surface area contributed by atoms with Crippen LogP contribution >= 0.6 is 11.3 Å². The topological polar surface area (TPSA) is 38.3 Å². The zero-order valence-corrected chi connectivity index (χ0v) is 23.8. The molecule has 5 heteroatoms. The van der Waals surface area contributed by atoms with Crippen LogP contribution in [-0.4, -0.2) is 6.09 Å². The summed E-state index contributed by atoms with van der Waals surface area (Å²) in [7, 11) is 0. The molecule has 5 aromatic rings. The molecule has 1 fully saturated rings. The Morgan fingerprint density at radius 3 is 2.08 bits per heavy atom. The van der Waals surface area contributed by atoms with E-state index in [2.05, 4.69) is 66.0 Å². The van der Waals surface area contributed by atoms with Crippen molar-refractivity contribution in [1.82, 2.24) is 0 Å². The Bertz CT molecular complexity index is 1510. The molecule has 0 saturated heterocycles. The summed E-state index contributed by atoms with van der Waals surface area (Å²) < 4.78 is 6.81. The third-order valence-corrected chi connectivity index (χ3v) is 7.75. The molecule has 0 spiro atoms. The number of hydrogen-bond donors (Lipinski definition) is 1. The second-order valence-corrected chi connectivity index (χ2v) is 10.2. The zero-order chi connectivity index (χ0) is 24.5. The van der Waals surface area contributed by atoms with Crippen LogP contribution in [0.1, 0.15) is 37.0 Å². The van der Waals surface area contributed by atoms with Crippen molar-refractivity contribution >= 4 is 32.5 Å². The number of fused-ring (bicyclic) bond motifs is 1. The fraction of sp³-hybridized carbons (Fsp3) is 0.125. The quantitative estimate of drug-likeness (QED) is 0.216. The first-order chi connectivity index (χ1) is 17.7. The summed E-state index contributed by atoms with van der Waals surface area (Å²) in [4.78, 5) is 12.8. The molecule has 1 amide bonds. The first-order valence-corrected chi connectivity index (χ1v) is 13.1. The molecule has 1 aliphatic rings. The first kappa shape index (κ1) is 25.6. The van der Waals surface area contributed by atoms with Crippen molar-refractivity contribution in [2.24, 2.45) is 0 Å². The average Bonchev–Trinajstić information content (AvgIpc) is 3.71. The Hall–Kier alpha value is -3.02. The van der Waals surface area contributed by atoms with E-state index in [1.807, 2.05) is 49.4 Å². The van der Waals surface area contributed by atoms with Crippen LogP contribution in [0, 0.1) is 5.92 Å². The van der Waals surface area contributed by atoms with Crippen LogP contribution in [0.15, 0.2) is 103 Å². The summed E-state index contributed by atoms with van der Waals surface area (Å²) in [6.07, 6.45) is 1.67. The Morgan fingerprint density at radius 2 is 1.41 bits per heavy atom. The molecule has 1 N–H and O–H groups in total. The van der Waals surface area contributed by atoms with Crippen LogP contribution < -0.4 is 34.9 Å². The predicted molar refractivity (Wildman–Crippen MR) is 149 cm³/mol. The minimum absolute atomic E-state index is 0. The van der Waals surface area contributed by atoms with Gasteiger partial charge in [0.2, 0.25) is 0 Å². The van der Waals surface area contributed by atoms with E-state index in [1.54, 1.807) is 17.3 Å². The maximum absolute atomic E-state index is 12.8. The molecule has 1 heterocycles. The number of benzene rings is 4. The Labute approximate surface area is 243 Å². The summed E-state index contributed by atoms with van der Waals surface area (Å²) in [6, 6.07) is 35.4. The van der Waals surface area contributed by atoms with E-state index in [-0.39, 0.29) is 35.7 Å². The largest absolute Gasteiger partial charge is 1.00 e. The van der Waals surface area contributed by atoms with Gasteiger partial charge < -0.3 is 4.74 Å². The van der Waals surface area contributed by atoms with Crippen molar-refractivity contribution < 1.29 is 39.1 Å². The number of anilines is 1. The number of rotatable bonds is 6. The van der Waals surface area contributed by atoms with Gasteiger partial charge in [0, 0.05) is 15.6 Å². The smallest absolute Gasteiger partial charge is 0.441 e. The molecule has 4 aromatic carbocycles. The fourth-order valence-electron chi connectivity index (χ4n) is 4.57. The molecule has 0 aliphatic heterocycles. The normalized spacial score (nSPS) is 13.1. The van der Waals surface area contributed by atoms with Crippen molar-refractivity contribution in [1.29, 1.82) is 0 Å². The van der Waals surface area contributed by atoms with Crippen molar-refractivity contribution in [2.75, 3.05) is 5.32 Å². The minimum atomic E-state index is -0.454. The molecule has 37 heavy (non-hydrogen) atoms. The summed E-state index contributed by atoms with van der Waals surface area (Å²) in [5.41, 5.74) is 6.79. The van der Waals surface area contributed by atoms with Crippen LogP contribution in [0.3, 0.4) is 0 Å². The van der Waals surface area contributed by atoms with E-state index in [1.165, 1.54) is 29.5 Å². The number of carbonyl (C=O) groups excluding carboxylic acids is 1. The standard InChI is InChI=1S/C32H26NO2S.Na/c1-21(22-7-3-2-4-8-22)35-32(34)33-31-30(28-9-5-6-10-29(28)36-31)27-19-17-26(18-20-27)25-15-13-24(14-16-25)23-11-12-23;/h2-10,13-21H,11-12H2,1H3,(H,33,34);/q-1;+1/t21-;/m1./s1. The second kappa shape index (κ2) is 11.2. The van der Waals surface area contributed by atoms with Gasteiger partial charge in [0.05, 0.1) is 0 Å². The number of ether oxygens (including phenoxy) is 1. The molecule has 0 unspecified atom stereocenters. The molecule has 178 valence electrons. The van der Waals surface area contributed by atoms with E-state index in [0.717, 1.165) is 31.8 Å². The van der Waals surface area contributed by atoms with Crippen molar-refractivity contribution in [3.8, 4) is 22.3 Å².